The second-order valence-corrected chi connectivity index (χ2v) is 4.45. The van der Waals surface area contributed by atoms with Crippen LogP contribution in [-0.2, 0) is 6.54 Å². The first kappa shape index (κ1) is 14.2. The van der Waals surface area contributed by atoms with Crippen LogP contribution in [0.5, 0.6) is 0 Å². The predicted molar refractivity (Wildman–Crippen MR) is 70.0 cm³/mol. The molecule has 0 amide bonds. The second kappa shape index (κ2) is 7.43. The van der Waals surface area contributed by atoms with Crippen molar-refractivity contribution in [2.24, 2.45) is 0 Å². The molecule has 0 spiro atoms. The minimum Gasteiger partial charge on any atom is -0.396 e. The van der Waals surface area contributed by atoms with Crippen molar-refractivity contribution in [1.29, 1.82) is 0 Å². The highest BCUT2D eigenvalue weighted by Crippen LogP contribution is 2.15. The molecule has 0 saturated heterocycles. The molecule has 17 heavy (non-hydrogen) atoms. The lowest BCUT2D eigenvalue weighted by atomic mass is 10.0. The molecule has 0 aliphatic rings. The van der Waals surface area contributed by atoms with Gasteiger partial charge in [-0.2, -0.15) is 0 Å². The topological polar surface area (TPSA) is 43.7 Å². The Labute approximate surface area is 104 Å². The summed E-state index contributed by atoms with van der Waals surface area (Å²) in [5, 5.41) is 17.9. The SMILES string of the molecule is Cc1cccc(C)c1CN(CCO)CCCO. The lowest BCUT2D eigenvalue weighted by molar-refractivity contribution is 0.174. The zero-order chi connectivity index (χ0) is 12.7. The Bertz CT molecular complexity index is 319. The molecule has 3 heteroatoms. The van der Waals surface area contributed by atoms with E-state index in [1.54, 1.807) is 0 Å². The van der Waals surface area contributed by atoms with Crippen molar-refractivity contribution in [3.63, 3.8) is 0 Å². The van der Waals surface area contributed by atoms with Crippen LogP contribution < -0.4 is 0 Å². The Morgan fingerprint density at radius 2 is 1.65 bits per heavy atom. The van der Waals surface area contributed by atoms with Gasteiger partial charge in [0.1, 0.15) is 0 Å². The quantitative estimate of drug-likeness (QED) is 0.755. The van der Waals surface area contributed by atoms with Crippen LogP contribution in [0.3, 0.4) is 0 Å². The molecule has 0 aliphatic carbocycles. The molecule has 0 aliphatic heterocycles. The van der Waals surface area contributed by atoms with E-state index in [-0.39, 0.29) is 13.2 Å². The van der Waals surface area contributed by atoms with Crippen LogP contribution in [0.1, 0.15) is 23.1 Å². The summed E-state index contributed by atoms with van der Waals surface area (Å²) < 4.78 is 0. The van der Waals surface area contributed by atoms with Gasteiger partial charge in [-0.05, 0) is 37.0 Å². The molecule has 1 aromatic carbocycles. The number of aliphatic hydroxyl groups excluding tert-OH is 2. The van der Waals surface area contributed by atoms with Crippen molar-refractivity contribution < 1.29 is 10.2 Å². The molecule has 0 unspecified atom stereocenters. The molecule has 0 heterocycles. The molecule has 0 fully saturated rings. The number of hydrogen-bond donors (Lipinski definition) is 2. The molecule has 0 bridgehead atoms. The minimum absolute atomic E-state index is 0.163. The number of rotatable bonds is 7. The van der Waals surface area contributed by atoms with Gasteiger partial charge in [0.15, 0.2) is 0 Å². The van der Waals surface area contributed by atoms with Crippen LogP contribution in [0.15, 0.2) is 18.2 Å². The van der Waals surface area contributed by atoms with Crippen LogP contribution in [0.25, 0.3) is 0 Å². The Balaban J connectivity index is 2.70. The van der Waals surface area contributed by atoms with Crippen molar-refractivity contribution in [3.05, 3.63) is 34.9 Å². The van der Waals surface area contributed by atoms with E-state index >= 15 is 0 Å². The molecular weight excluding hydrogens is 214 g/mol. The van der Waals surface area contributed by atoms with Gasteiger partial charge >= 0.3 is 0 Å². The lowest BCUT2D eigenvalue weighted by Crippen LogP contribution is -2.28. The van der Waals surface area contributed by atoms with Gasteiger partial charge in [-0.25, -0.2) is 0 Å². The summed E-state index contributed by atoms with van der Waals surface area (Å²) in [5.41, 5.74) is 3.91. The Kier molecular flexibility index (Phi) is 6.19. The molecular formula is C14H23NO2. The van der Waals surface area contributed by atoms with Crippen molar-refractivity contribution in [1.82, 2.24) is 4.90 Å². The largest absolute Gasteiger partial charge is 0.396 e. The van der Waals surface area contributed by atoms with E-state index in [0.29, 0.717) is 6.54 Å². The van der Waals surface area contributed by atoms with E-state index in [4.69, 9.17) is 10.2 Å². The van der Waals surface area contributed by atoms with Gasteiger partial charge < -0.3 is 10.2 Å². The highest BCUT2D eigenvalue weighted by molar-refractivity contribution is 5.33. The molecule has 96 valence electrons. The van der Waals surface area contributed by atoms with E-state index in [9.17, 15) is 0 Å². The van der Waals surface area contributed by atoms with Crippen LogP contribution in [0.2, 0.25) is 0 Å². The Morgan fingerprint density at radius 1 is 1.00 bits per heavy atom. The fourth-order valence-corrected chi connectivity index (χ4v) is 2.03. The fraction of sp³-hybridized carbons (Fsp3) is 0.571. The van der Waals surface area contributed by atoms with Crippen LogP contribution in [-0.4, -0.2) is 41.4 Å². The average molecular weight is 237 g/mol. The van der Waals surface area contributed by atoms with Gasteiger partial charge in [0.25, 0.3) is 0 Å². The monoisotopic (exact) mass is 237 g/mol. The number of benzene rings is 1. The number of aryl methyl sites for hydroxylation is 2. The van der Waals surface area contributed by atoms with Crippen molar-refractivity contribution >= 4 is 0 Å². The van der Waals surface area contributed by atoms with E-state index in [1.807, 2.05) is 0 Å². The van der Waals surface area contributed by atoms with Gasteiger partial charge in [0, 0.05) is 26.2 Å². The summed E-state index contributed by atoms with van der Waals surface area (Å²) in [6.07, 6.45) is 0.755. The van der Waals surface area contributed by atoms with Crippen LogP contribution in [0.4, 0.5) is 0 Å². The Morgan fingerprint density at radius 3 is 2.18 bits per heavy atom. The third kappa shape index (κ3) is 4.46. The molecule has 0 atom stereocenters. The van der Waals surface area contributed by atoms with Crippen molar-refractivity contribution in [2.45, 2.75) is 26.8 Å². The summed E-state index contributed by atoms with van der Waals surface area (Å²) in [6.45, 7) is 6.93. The first-order valence-electron chi connectivity index (χ1n) is 6.18. The van der Waals surface area contributed by atoms with Crippen molar-refractivity contribution in [3.8, 4) is 0 Å². The van der Waals surface area contributed by atoms with E-state index in [0.717, 1.165) is 19.5 Å². The van der Waals surface area contributed by atoms with Crippen molar-refractivity contribution in [2.75, 3.05) is 26.3 Å². The number of aliphatic hydroxyl groups is 2. The summed E-state index contributed by atoms with van der Waals surface area (Å²) in [7, 11) is 0. The number of nitrogens with zero attached hydrogens (tertiary/aromatic N) is 1. The van der Waals surface area contributed by atoms with E-state index in [2.05, 4.69) is 36.9 Å². The molecule has 1 aromatic rings. The highest BCUT2D eigenvalue weighted by Gasteiger charge is 2.08. The maximum atomic E-state index is 9.05. The van der Waals surface area contributed by atoms with E-state index in [1.165, 1.54) is 16.7 Å². The molecule has 0 radical (unpaired) electrons. The zero-order valence-corrected chi connectivity index (χ0v) is 10.8. The van der Waals surface area contributed by atoms with Gasteiger partial charge in [0.05, 0.1) is 6.61 Å². The number of hydrogen-bond acceptors (Lipinski definition) is 3. The smallest absolute Gasteiger partial charge is 0.0558 e. The molecule has 0 aromatic heterocycles. The van der Waals surface area contributed by atoms with Gasteiger partial charge in [-0.15, -0.1) is 0 Å². The third-order valence-corrected chi connectivity index (χ3v) is 3.07. The normalized spacial score (nSPS) is 11.1. The van der Waals surface area contributed by atoms with Gasteiger partial charge in [-0.1, -0.05) is 18.2 Å². The maximum absolute atomic E-state index is 9.05. The van der Waals surface area contributed by atoms with E-state index < -0.39 is 0 Å². The third-order valence-electron chi connectivity index (χ3n) is 3.07. The summed E-state index contributed by atoms with van der Waals surface area (Å²) in [6, 6.07) is 6.30. The first-order valence-corrected chi connectivity index (χ1v) is 6.18. The fourth-order valence-electron chi connectivity index (χ4n) is 2.03. The molecule has 0 saturated carbocycles. The van der Waals surface area contributed by atoms with Gasteiger partial charge in [0.2, 0.25) is 0 Å². The molecule has 2 N–H and O–H groups in total. The highest BCUT2D eigenvalue weighted by atomic mass is 16.3. The second-order valence-electron chi connectivity index (χ2n) is 4.45. The first-order chi connectivity index (χ1) is 8.19. The minimum atomic E-state index is 0.163. The lowest BCUT2D eigenvalue weighted by Gasteiger charge is -2.23. The average Bonchev–Trinajstić information content (AvgIpc) is 2.31. The Hall–Kier alpha value is -0.900. The predicted octanol–water partition coefficient (Wildman–Crippen LogP) is 1.48. The summed E-state index contributed by atoms with van der Waals surface area (Å²) >= 11 is 0. The summed E-state index contributed by atoms with van der Waals surface area (Å²) in [5.74, 6) is 0. The summed E-state index contributed by atoms with van der Waals surface area (Å²) in [4.78, 5) is 2.19. The molecule has 3 nitrogen and oxygen atoms in total. The van der Waals surface area contributed by atoms with Crippen LogP contribution in [0, 0.1) is 13.8 Å². The standard InChI is InChI=1S/C14H23NO2/c1-12-5-3-6-13(2)14(12)11-15(8-10-17)7-4-9-16/h3,5-6,16-17H,4,7-11H2,1-2H3. The zero-order valence-electron chi connectivity index (χ0n) is 10.8. The molecule has 1 rings (SSSR count). The van der Waals surface area contributed by atoms with Crippen LogP contribution >= 0.6 is 0 Å². The maximum Gasteiger partial charge on any atom is 0.0558 e. The van der Waals surface area contributed by atoms with Gasteiger partial charge in [-0.3, -0.25) is 4.90 Å².